The molecule has 0 bridgehead atoms. The monoisotopic (exact) mass is 271 g/mol. The van der Waals surface area contributed by atoms with Gasteiger partial charge in [-0.25, -0.2) is 0 Å². The van der Waals surface area contributed by atoms with Crippen molar-refractivity contribution in [2.75, 3.05) is 31.1 Å². The Morgan fingerprint density at radius 3 is 2.56 bits per heavy atom. The summed E-state index contributed by atoms with van der Waals surface area (Å²) in [6.07, 6.45) is 5.02. The van der Waals surface area contributed by atoms with Crippen LogP contribution in [-0.2, 0) is 4.79 Å². The third kappa shape index (κ3) is 3.19. The van der Waals surface area contributed by atoms with Gasteiger partial charge < -0.3 is 11.1 Å². The Morgan fingerprint density at radius 2 is 2.00 bits per heavy atom. The van der Waals surface area contributed by atoms with Gasteiger partial charge in [-0.15, -0.1) is 0 Å². The molecule has 0 spiro atoms. The summed E-state index contributed by atoms with van der Waals surface area (Å²) in [6.45, 7) is 4.85. The van der Waals surface area contributed by atoms with Crippen molar-refractivity contribution in [1.29, 1.82) is 0 Å². The van der Waals surface area contributed by atoms with E-state index in [0.29, 0.717) is 0 Å². The molecule has 5 heteroatoms. The first-order chi connectivity index (χ1) is 8.64. The molecule has 1 aliphatic heterocycles. The van der Waals surface area contributed by atoms with E-state index in [1.165, 1.54) is 50.3 Å². The van der Waals surface area contributed by atoms with Crippen molar-refractivity contribution in [3.8, 4) is 0 Å². The number of nitrogens with two attached hydrogens (primary N) is 1. The minimum Gasteiger partial charge on any atom is -0.353 e. The van der Waals surface area contributed by atoms with Gasteiger partial charge in [0.05, 0.1) is 6.04 Å². The summed E-state index contributed by atoms with van der Waals surface area (Å²) >= 11 is 2.04. The van der Waals surface area contributed by atoms with E-state index in [1.54, 1.807) is 6.92 Å². The highest BCUT2D eigenvalue weighted by Crippen LogP contribution is 2.36. The zero-order valence-corrected chi connectivity index (χ0v) is 12.1. The number of nitrogens with zero attached hydrogens (tertiary/aromatic N) is 1. The van der Waals surface area contributed by atoms with Gasteiger partial charge in [0.1, 0.15) is 0 Å². The normalized spacial score (nSPS) is 25.9. The second kappa shape index (κ2) is 6.26. The second-order valence-corrected chi connectivity index (χ2v) is 6.76. The highest BCUT2D eigenvalue weighted by atomic mass is 32.2. The molecule has 2 aliphatic rings. The quantitative estimate of drug-likeness (QED) is 0.794. The van der Waals surface area contributed by atoms with Crippen LogP contribution in [0.25, 0.3) is 0 Å². The Kier molecular flexibility index (Phi) is 4.92. The van der Waals surface area contributed by atoms with Crippen LogP contribution in [0.4, 0.5) is 0 Å². The predicted molar refractivity (Wildman–Crippen MR) is 76.8 cm³/mol. The molecule has 1 saturated carbocycles. The fourth-order valence-electron chi connectivity index (χ4n) is 3.09. The lowest BCUT2D eigenvalue weighted by molar-refractivity contribution is -0.122. The van der Waals surface area contributed by atoms with E-state index < -0.39 is 6.04 Å². The minimum absolute atomic E-state index is 0.0207. The fourth-order valence-corrected chi connectivity index (χ4v) is 3.99. The first kappa shape index (κ1) is 14.2. The van der Waals surface area contributed by atoms with Gasteiger partial charge in [0, 0.05) is 36.7 Å². The van der Waals surface area contributed by atoms with E-state index in [9.17, 15) is 4.79 Å². The summed E-state index contributed by atoms with van der Waals surface area (Å²) in [5.74, 6) is 2.43. The first-order valence-corrected chi connectivity index (χ1v) is 8.16. The van der Waals surface area contributed by atoms with Gasteiger partial charge in [-0.05, 0) is 19.8 Å². The maximum Gasteiger partial charge on any atom is 0.236 e. The number of carbonyl (C=O) groups excluding carboxylic acids is 1. The van der Waals surface area contributed by atoms with Gasteiger partial charge >= 0.3 is 0 Å². The third-order valence-corrected chi connectivity index (χ3v) is 5.16. The van der Waals surface area contributed by atoms with Crippen LogP contribution in [0.15, 0.2) is 0 Å². The van der Waals surface area contributed by atoms with Gasteiger partial charge in [0.15, 0.2) is 0 Å². The number of rotatable bonds is 4. The van der Waals surface area contributed by atoms with E-state index in [-0.39, 0.29) is 11.4 Å². The molecule has 18 heavy (non-hydrogen) atoms. The maximum atomic E-state index is 11.7. The Hall–Kier alpha value is -0.260. The number of hydrogen-bond donors (Lipinski definition) is 2. The number of carbonyl (C=O) groups is 1. The minimum atomic E-state index is -0.402. The van der Waals surface area contributed by atoms with Crippen LogP contribution < -0.4 is 11.1 Å². The highest BCUT2D eigenvalue weighted by molar-refractivity contribution is 7.99. The van der Waals surface area contributed by atoms with E-state index in [1.807, 2.05) is 11.8 Å². The van der Waals surface area contributed by atoms with Crippen LogP contribution in [0.3, 0.4) is 0 Å². The molecule has 0 radical (unpaired) electrons. The van der Waals surface area contributed by atoms with Crippen molar-refractivity contribution < 1.29 is 4.79 Å². The van der Waals surface area contributed by atoms with Crippen molar-refractivity contribution in [3.05, 3.63) is 0 Å². The summed E-state index contributed by atoms with van der Waals surface area (Å²) in [7, 11) is 0. The molecule has 0 aromatic heterocycles. The summed E-state index contributed by atoms with van der Waals surface area (Å²) in [5, 5.41) is 3.05. The molecule has 0 aromatic carbocycles. The van der Waals surface area contributed by atoms with Crippen LogP contribution >= 0.6 is 11.8 Å². The van der Waals surface area contributed by atoms with Crippen molar-refractivity contribution in [2.45, 2.75) is 44.2 Å². The second-order valence-electron chi connectivity index (χ2n) is 5.54. The molecular formula is C13H25N3OS. The number of thioether (sulfide) groups is 1. The Morgan fingerprint density at radius 1 is 1.39 bits per heavy atom. The molecule has 3 N–H and O–H groups in total. The van der Waals surface area contributed by atoms with Crippen LogP contribution in [-0.4, -0.2) is 53.5 Å². The van der Waals surface area contributed by atoms with Gasteiger partial charge in [0.25, 0.3) is 0 Å². The lowest BCUT2D eigenvalue weighted by Gasteiger charge is -2.43. The smallest absolute Gasteiger partial charge is 0.236 e. The first-order valence-electron chi connectivity index (χ1n) is 7.00. The molecule has 1 amide bonds. The molecule has 0 aromatic rings. The zero-order valence-electron chi connectivity index (χ0n) is 11.3. The van der Waals surface area contributed by atoms with Crippen molar-refractivity contribution in [1.82, 2.24) is 10.2 Å². The third-order valence-electron chi connectivity index (χ3n) is 4.22. The average Bonchev–Trinajstić information content (AvgIpc) is 2.87. The summed E-state index contributed by atoms with van der Waals surface area (Å²) in [4.78, 5) is 14.3. The molecule has 2 fully saturated rings. The molecule has 1 atom stereocenters. The SMILES string of the molecule is C[C@@H](N)C(=O)NCC1(N2CCSCC2)CCCC1. The highest BCUT2D eigenvalue weighted by Gasteiger charge is 2.40. The van der Waals surface area contributed by atoms with Crippen molar-refractivity contribution in [2.24, 2.45) is 5.73 Å². The van der Waals surface area contributed by atoms with Gasteiger partial charge in [-0.3, -0.25) is 9.69 Å². The van der Waals surface area contributed by atoms with E-state index in [0.717, 1.165) is 6.54 Å². The molecule has 2 rings (SSSR count). The molecule has 4 nitrogen and oxygen atoms in total. The predicted octanol–water partition coefficient (Wildman–Crippen LogP) is 0.811. The maximum absolute atomic E-state index is 11.7. The van der Waals surface area contributed by atoms with E-state index in [2.05, 4.69) is 10.2 Å². The van der Waals surface area contributed by atoms with Crippen molar-refractivity contribution >= 4 is 17.7 Å². The molecular weight excluding hydrogens is 246 g/mol. The lowest BCUT2D eigenvalue weighted by atomic mass is 9.94. The number of nitrogens with one attached hydrogen (secondary N) is 1. The topological polar surface area (TPSA) is 58.4 Å². The Balaban J connectivity index is 1.95. The summed E-state index contributed by atoms with van der Waals surface area (Å²) in [5.41, 5.74) is 5.83. The lowest BCUT2D eigenvalue weighted by Crippen LogP contribution is -2.57. The molecule has 1 saturated heterocycles. The molecule has 1 heterocycles. The van der Waals surface area contributed by atoms with Gasteiger partial charge in [-0.2, -0.15) is 11.8 Å². The Labute approximate surface area is 114 Å². The van der Waals surface area contributed by atoms with E-state index >= 15 is 0 Å². The Bertz CT molecular complexity index is 284. The van der Waals surface area contributed by atoms with Crippen LogP contribution in [0, 0.1) is 0 Å². The molecule has 104 valence electrons. The molecule has 1 aliphatic carbocycles. The average molecular weight is 271 g/mol. The summed E-state index contributed by atoms with van der Waals surface area (Å²) in [6, 6.07) is -0.402. The fraction of sp³-hybridized carbons (Fsp3) is 0.923. The number of amides is 1. The largest absolute Gasteiger partial charge is 0.353 e. The van der Waals surface area contributed by atoms with Gasteiger partial charge in [-0.1, -0.05) is 12.8 Å². The number of hydrogen-bond acceptors (Lipinski definition) is 4. The van der Waals surface area contributed by atoms with Crippen LogP contribution in [0.2, 0.25) is 0 Å². The van der Waals surface area contributed by atoms with Crippen LogP contribution in [0.1, 0.15) is 32.6 Å². The van der Waals surface area contributed by atoms with Gasteiger partial charge in [0.2, 0.25) is 5.91 Å². The van der Waals surface area contributed by atoms with E-state index in [4.69, 9.17) is 5.73 Å². The summed E-state index contributed by atoms with van der Waals surface area (Å²) < 4.78 is 0. The molecule has 0 unspecified atom stereocenters. The van der Waals surface area contributed by atoms with Crippen LogP contribution in [0.5, 0.6) is 0 Å². The standard InChI is InChI=1S/C13H25N3OS/c1-11(14)12(17)15-10-13(4-2-3-5-13)16-6-8-18-9-7-16/h11H,2-10,14H2,1H3,(H,15,17)/t11-/m1/s1. The van der Waals surface area contributed by atoms with Crippen molar-refractivity contribution in [3.63, 3.8) is 0 Å². The zero-order chi connectivity index (χ0) is 13.0.